The first-order valence-corrected chi connectivity index (χ1v) is 13.4. The first kappa shape index (κ1) is 23.7. The molecule has 188 valence electrons. The Labute approximate surface area is 218 Å². The molecule has 0 atom stereocenters. The van der Waals surface area contributed by atoms with E-state index in [9.17, 15) is 9.59 Å². The number of Topliss-reactive ketones (excluding diaryl/α,β-unsaturated/α-hetero) is 1. The maximum absolute atomic E-state index is 13.2. The van der Waals surface area contributed by atoms with E-state index >= 15 is 0 Å². The molecule has 0 unspecified atom stereocenters. The third-order valence-corrected chi connectivity index (χ3v) is 8.40. The second-order valence-corrected chi connectivity index (χ2v) is 11.2. The summed E-state index contributed by atoms with van der Waals surface area (Å²) in [5.41, 5.74) is 7.56. The summed E-state index contributed by atoms with van der Waals surface area (Å²) in [4.78, 5) is 26.3. The van der Waals surface area contributed by atoms with Crippen LogP contribution in [0.4, 0.5) is 0 Å². The van der Waals surface area contributed by atoms with Crippen LogP contribution in [0.25, 0.3) is 33.4 Å². The summed E-state index contributed by atoms with van der Waals surface area (Å²) >= 11 is 0. The van der Waals surface area contributed by atoms with Crippen molar-refractivity contribution < 1.29 is 14.0 Å². The van der Waals surface area contributed by atoms with Crippen LogP contribution in [0.1, 0.15) is 70.9 Å². The first-order valence-electron chi connectivity index (χ1n) is 13.4. The fraction of sp³-hybridized carbons (Fsp3) is 0.333. The van der Waals surface area contributed by atoms with E-state index in [1.54, 1.807) is 7.05 Å². The number of rotatable bonds is 8. The summed E-state index contributed by atoms with van der Waals surface area (Å²) in [6.45, 7) is 4.20. The number of furan rings is 1. The number of aryl methyl sites for hydroxylation is 2. The summed E-state index contributed by atoms with van der Waals surface area (Å²) in [7, 11) is 1.65. The molecule has 0 spiro atoms. The average Bonchev–Trinajstić information content (AvgIpc) is 3.23. The van der Waals surface area contributed by atoms with Crippen molar-refractivity contribution in [3.8, 4) is 22.5 Å². The average molecular weight is 492 g/mol. The van der Waals surface area contributed by atoms with Gasteiger partial charge in [-0.15, -0.1) is 0 Å². The van der Waals surface area contributed by atoms with Gasteiger partial charge in [0, 0.05) is 30.0 Å². The number of carbonyl (C=O) groups excluding carboxylic acids is 2. The molecule has 1 N–H and O–H groups in total. The van der Waals surface area contributed by atoms with Crippen LogP contribution < -0.4 is 5.32 Å². The van der Waals surface area contributed by atoms with Crippen molar-refractivity contribution in [3.63, 3.8) is 0 Å². The lowest BCUT2D eigenvalue weighted by atomic mass is 9.43. The fourth-order valence-corrected chi connectivity index (χ4v) is 6.37. The van der Waals surface area contributed by atoms with E-state index in [2.05, 4.69) is 30.4 Å². The van der Waals surface area contributed by atoms with Crippen LogP contribution in [0.3, 0.4) is 0 Å². The second kappa shape index (κ2) is 9.02. The molecule has 7 rings (SSSR count). The Bertz CT molecular complexity index is 1510. The van der Waals surface area contributed by atoms with E-state index in [0.29, 0.717) is 23.3 Å². The number of hydrogen-bond donors (Lipinski definition) is 1. The minimum atomic E-state index is -0.175. The van der Waals surface area contributed by atoms with E-state index in [1.807, 2.05) is 49.4 Å². The van der Waals surface area contributed by atoms with Gasteiger partial charge in [-0.25, -0.2) is 0 Å². The second-order valence-electron chi connectivity index (χ2n) is 11.2. The Kier molecular flexibility index (Phi) is 5.78. The molecule has 3 aliphatic rings. The smallest absolute Gasteiger partial charge is 0.255 e. The third kappa shape index (κ3) is 4.09. The number of ketones is 1. The standard InChI is InChI=1S/C33H33NO3/c1-4-6-23-14-29-27(30(32(36)34-3)31(37-29)22-11-9-20(2)10-12-22)15-26(23)24-7-5-8-25(13-24)28(35)19-33-16-21(17-33)18-33/h5,7-15,21H,4,6,16-19H2,1-3H3,(H,34,36). The highest BCUT2D eigenvalue weighted by molar-refractivity contribution is 6.12. The zero-order valence-corrected chi connectivity index (χ0v) is 21.8. The van der Waals surface area contributed by atoms with Crippen molar-refractivity contribution in [2.24, 2.45) is 11.3 Å². The van der Waals surface area contributed by atoms with Crippen molar-refractivity contribution in [3.05, 3.63) is 82.9 Å². The predicted octanol–water partition coefficient (Wildman–Crippen LogP) is 7.76. The van der Waals surface area contributed by atoms with Crippen LogP contribution in [0.15, 0.2) is 65.1 Å². The van der Waals surface area contributed by atoms with Crippen LogP contribution in [0.2, 0.25) is 0 Å². The van der Waals surface area contributed by atoms with Crippen molar-refractivity contribution in [2.45, 2.75) is 52.4 Å². The maximum Gasteiger partial charge on any atom is 0.255 e. The van der Waals surface area contributed by atoms with Gasteiger partial charge in [-0.2, -0.15) is 0 Å². The molecule has 0 radical (unpaired) electrons. The van der Waals surface area contributed by atoms with Gasteiger partial charge in [0.1, 0.15) is 11.3 Å². The topological polar surface area (TPSA) is 59.3 Å². The lowest BCUT2D eigenvalue weighted by Gasteiger charge is -2.62. The Morgan fingerprint density at radius 2 is 1.76 bits per heavy atom. The molecule has 37 heavy (non-hydrogen) atoms. The van der Waals surface area contributed by atoms with E-state index in [0.717, 1.165) is 57.5 Å². The van der Waals surface area contributed by atoms with Crippen molar-refractivity contribution in [1.82, 2.24) is 5.32 Å². The molecule has 0 saturated heterocycles. The molecule has 4 heteroatoms. The van der Waals surface area contributed by atoms with Gasteiger partial charge < -0.3 is 9.73 Å². The van der Waals surface area contributed by atoms with Crippen LogP contribution in [0, 0.1) is 18.3 Å². The van der Waals surface area contributed by atoms with Gasteiger partial charge in [0.05, 0.1) is 5.56 Å². The Hall–Kier alpha value is -3.66. The Morgan fingerprint density at radius 3 is 2.41 bits per heavy atom. The van der Waals surface area contributed by atoms with Crippen molar-refractivity contribution in [2.75, 3.05) is 7.05 Å². The highest BCUT2D eigenvalue weighted by Gasteiger charge is 2.56. The molecule has 4 aromatic rings. The number of hydrogen-bond acceptors (Lipinski definition) is 3. The fourth-order valence-electron chi connectivity index (χ4n) is 6.37. The molecular weight excluding hydrogens is 458 g/mol. The molecule has 4 nitrogen and oxygen atoms in total. The van der Waals surface area contributed by atoms with E-state index in [4.69, 9.17) is 4.42 Å². The minimum absolute atomic E-state index is 0.175. The number of fused-ring (bicyclic) bond motifs is 1. The molecule has 3 saturated carbocycles. The maximum atomic E-state index is 13.2. The number of amides is 1. The number of benzene rings is 3. The van der Waals surface area contributed by atoms with Gasteiger partial charge in [0.2, 0.25) is 0 Å². The van der Waals surface area contributed by atoms with Crippen LogP contribution in [-0.2, 0) is 6.42 Å². The summed E-state index contributed by atoms with van der Waals surface area (Å²) in [5.74, 6) is 1.52. The highest BCUT2D eigenvalue weighted by Crippen LogP contribution is 2.66. The van der Waals surface area contributed by atoms with Gasteiger partial charge in [0.15, 0.2) is 5.78 Å². The third-order valence-electron chi connectivity index (χ3n) is 8.40. The number of nitrogens with one attached hydrogen (secondary N) is 1. The van der Waals surface area contributed by atoms with Crippen molar-refractivity contribution in [1.29, 1.82) is 0 Å². The highest BCUT2D eigenvalue weighted by atomic mass is 16.3. The zero-order chi connectivity index (χ0) is 25.7. The Morgan fingerprint density at radius 1 is 1.00 bits per heavy atom. The predicted molar refractivity (Wildman–Crippen MR) is 148 cm³/mol. The molecule has 3 aromatic carbocycles. The van der Waals surface area contributed by atoms with Gasteiger partial charge in [-0.3, -0.25) is 9.59 Å². The van der Waals surface area contributed by atoms with Gasteiger partial charge in [0.25, 0.3) is 5.91 Å². The largest absolute Gasteiger partial charge is 0.455 e. The monoisotopic (exact) mass is 491 g/mol. The quantitative estimate of drug-likeness (QED) is 0.256. The van der Waals surface area contributed by atoms with Gasteiger partial charge in [-0.1, -0.05) is 61.4 Å². The Balaban J connectivity index is 1.46. The SMILES string of the molecule is CCCc1cc2oc(-c3ccc(C)cc3)c(C(=O)NC)c2cc1-c1cccc(C(=O)CC23CC(C2)C3)c1. The molecule has 1 aromatic heterocycles. The van der Waals surface area contributed by atoms with E-state index in [-0.39, 0.29) is 17.1 Å². The lowest BCUT2D eigenvalue weighted by molar-refractivity contribution is -0.103. The van der Waals surface area contributed by atoms with Crippen LogP contribution >= 0.6 is 0 Å². The molecule has 2 bridgehead atoms. The first-order chi connectivity index (χ1) is 17.9. The van der Waals surface area contributed by atoms with Gasteiger partial charge >= 0.3 is 0 Å². The van der Waals surface area contributed by atoms with E-state index < -0.39 is 0 Å². The minimum Gasteiger partial charge on any atom is -0.455 e. The molecule has 1 amide bonds. The molecular formula is C33H33NO3. The molecule has 3 aliphatic carbocycles. The van der Waals surface area contributed by atoms with Crippen LogP contribution in [-0.4, -0.2) is 18.7 Å². The van der Waals surface area contributed by atoms with E-state index in [1.165, 1.54) is 19.3 Å². The van der Waals surface area contributed by atoms with Crippen molar-refractivity contribution >= 4 is 22.7 Å². The summed E-state index contributed by atoms with van der Waals surface area (Å²) in [6, 6.07) is 20.2. The summed E-state index contributed by atoms with van der Waals surface area (Å²) in [5, 5.41) is 3.58. The summed E-state index contributed by atoms with van der Waals surface area (Å²) < 4.78 is 6.35. The molecule has 0 aliphatic heterocycles. The van der Waals surface area contributed by atoms with Crippen LogP contribution in [0.5, 0.6) is 0 Å². The molecule has 3 fully saturated rings. The normalized spacial score (nSPS) is 19.8. The lowest BCUT2D eigenvalue weighted by Crippen LogP contribution is -2.52. The molecule has 1 heterocycles. The van der Waals surface area contributed by atoms with Gasteiger partial charge in [-0.05, 0) is 78.8 Å². The zero-order valence-electron chi connectivity index (χ0n) is 21.8. The summed E-state index contributed by atoms with van der Waals surface area (Å²) in [6.07, 6.45) is 6.19. The number of carbonyl (C=O) groups is 2.